The average Bonchev–Trinajstić information content (AvgIpc) is 2.50. The standard InChI is InChI=1S/C15H18ClN3O4/c16-8-5-11-13(23-7-14(21)17-11)6-10(8)19-15(22)18-9-3-1-2-4-12(9)20/h5-6,9,12,20H,1-4,7H2,(H,17,21)(H2,18,19,22)/t9-,12+/m1/s1. The Labute approximate surface area is 138 Å². The Balaban J connectivity index is 1.67. The number of rotatable bonds is 2. The molecule has 124 valence electrons. The third-order valence-corrected chi connectivity index (χ3v) is 4.31. The molecular formula is C15H18ClN3O4. The molecule has 8 heteroatoms. The molecule has 0 spiro atoms. The van der Waals surface area contributed by atoms with Crippen LogP contribution in [0.2, 0.25) is 5.02 Å². The maximum absolute atomic E-state index is 12.1. The third-order valence-electron chi connectivity index (χ3n) is 4.00. The van der Waals surface area contributed by atoms with Crippen LogP contribution >= 0.6 is 11.6 Å². The molecule has 3 amide bonds. The van der Waals surface area contributed by atoms with Crippen LogP contribution in [0.5, 0.6) is 5.75 Å². The minimum Gasteiger partial charge on any atom is -0.482 e. The van der Waals surface area contributed by atoms with Crippen LogP contribution in [0.15, 0.2) is 12.1 Å². The minimum atomic E-state index is -0.521. The van der Waals surface area contributed by atoms with Gasteiger partial charge in [0.25, 0.3) is 5.91 Å². The van der Waals surface area contributed by atoms with Crippen molar-refractivity contribution < 1.29 is 19.4 Å². The van der Waals surface area contributed by atoms with Gasteiger partial charge >= 0.3 is 6.03 Å². The first-order chi connectivity index (χ1) is 11.0. The van der Waals surface area contributed by atoms with E-state index in [-0.39, 0.29) is 23.6 Å². The highest BCUT2D eigenvalue weighted by molar-refractivity contribution is 6.34. The predicted octanol–water partition coefficient (Wildman–Crippen LogP) is 2.10. The van der Waals surface area contributed by atoms with Gasteiger partial charge in [0.2, 0.25) is 0 Å². The molecule has 1 fully saturated rings. The Morgan fingerprint density at radius 1 is 1.35 bits per heavy atom. The third kappa shape index (κ3) is 3.68. The van der Waals surface area contributed by atoms with Crippen molar-refractivity contribution in [2.75, 3.05) is 17.2 Å². The first-order valence-electron chi connectivity index (χ1n) is 7.54. The van der Waals surface area contributed by atoms with E-state index in [1.807, 2.05) is 0 Å². The Morgan fingerprint density at radius 3 is 2.91 bits per heavy atom. The van der Waals surface area contributed by atoms with Crippen LogP contribution in [0, 0.1) is 0 Å². The zero-order valence-electron chi connectivity index (χ0n) is 12.4. The topological polar surface area (TPSA) is 99.7 Å². The summed E-state index contributed by atoms with van der Waals surface area (Å²) in [5.41, 5.74) is 0.851. The van der Waals surface area contributed by atoms with E-state index in [0.29, 0.717) is 23.5 Å². The molecule has 3 rings (SSSR count). The summed E-state index contributed by atoms with van der Waals surface area (Å²) in [6.07, 6.45) is 2.88. The number of nitrogens with one attached hydrogen (secondary N) is 3. The number of fused-ring (bicyclic) bond motifs is 1. The van der Waals surface area contributed by atoms with Crippen molar-refractivity contribution in [3.05, 3.63) is 17.2 Å². The molecule has 0 aromatic heterocycles. The Bertz CT molecular complexity index is 637. The van der Waals surface area contributed by atoms with Crippen molar-refractivity contribution in [2.24, 2.45) is 0 Å². The summed E-state index contributed by atoms with van der Waals surface area (Å²) in [6, 6.07) is 2.40. The van der Waals surface area contributed by atoms with E-state index in [9.17, 15) is 14.7 Å². The Hall–Kier alpha value is -1.99. The fourth-order valence-corrected chi connectivity index (χ4v) is 3.01. The van der Waals surface area contributed by atoms with Gasteiger partial charge in [0, 0.05) is 6.07 Å². The van der Waals surface area contributed by atoms with E-state index in [4.69, 9.17) is 16.3 Å². The average molecular weight is 340 g/mol. The van der Waals surface area contributed by atoms with Crippen LogP contribution in [0.25, 0.3) is 0 Å². The van der Waals surface area contributed by atoms with E-state index < -0.39 is 12.1 Å². The van der Waals surface area contributed by atoms with Gasteiger partial charge in [-0.1, -0.05) is 24.4 Å². The summed E-state index contributed by atoms with van der Waals surface area (Å²) in [7, 11) is 0. The lowest BCUT2D eigenvalue weighted by molar-refractivity contribution is -0.118. The first-order valence-corrected chi connectivity index (χ1v) is 7.92. The lowest BCUT2D eigenvalue weighted by atomic mass is 9.93. The molecule has 1 aliphatic heterocycles. The van der Waals surface area contributed by atoms with E-state index in [1.165, 1.54) is 6.07 Å². The quantitative estimate of drug-likeness (QED) is 0.663. The SMILES string of the molecule is O=C1COc2cc(NC(=O)N[C@@H]3CCCC[C@@H]3O)c(Cl)cc2N1. The van der Waals surface area contributed by atoms with Crippen LogP contribution in [0.4, 0.5) is 16.2 Å². The smallest absolute Gasteiger partial charge is 0.319 e. The highest BCUT2D eigenvalue weighted by Crippen LogP contribution is 2.36. The van der Waals surface area contributed by atoms with Crippen LogP contribution in [-0.2, 0) is 4.79 Å². The Kier molecular flexibility index (Phi) is 4.58. The van der Waals surface area contributed by atoms with Gasteiger partial charge < -0.3 is 25.8 Å². The normalized spacial score (nSPS) is 23.3. The van der Waals surface area contributed by atoms with Crippen LogP contribution in [0.1, 0.15) is 25.7 Å². The number of aliphatic hydroxyl groups excluding tert-OH is 1. The molecule has 1 heterocycles. The molecule has 1 aromatic rings. The molecule has 0 saturated heterocycles. The summed E-state index contributed by atoms with van der Waals surface area (Å²) in [5, 5.41) is 18.2. The number of carbonyl (C=O) groups is 2. The maximum atomic E-state index is 12.1. The van der Waals surface area contributed by atoms with Gasteiger partial charge in [-0.3, -0.25) is 4.79 Å². The number of urea groups is 1. The highest BCUT2D eigenvalue weighted by atomic mass is 35.5. The van der Waals surface area contributed by atoms with Crippen molar-refractivity contribution in [1.82, 2.24) is 5.32 Å². The van der Waals surface area contributed by atoms with Crippen LogP contribution in [-0.4, -0.2) is 35.8 Å². The molecule has 1 aromatic carbocycles. The molecule has 4 N–H and O–H groups in total. The summed E-state index contributed by atoms with van der Waals surface area (Å²) in [4.78, 5) is 23.4. The maximum Gasteiger partial charge on any atom is 0.319 e. The number of hydrogen-bond acceptors (Lipinski definition) is 4. The monoisotopic (exact) mass is 339 g/mol. The summed E-state index contributed by atoms with van der Waals surface area (Å²) >= 11 is 6.13. The fourth-order valence-electron chi connectivity index (χ4n) is 2.80. The number of hydrogen-bond donors (Lipinski definition) is 4. The number of anilines is 2. The van der Waals surface area contributed by atoms with Gasteiger partial charge in [-0.2, -0.15) is 0 Å². The lowest BCUT2D eigenvalue weighted by Gasteiger charge is -2.28. The molecule has 0 bridgehead atoms. The van der Waals surface area contributed by atoms with Gasteiger partial charge in [0.05, 0.1) is 28.5 Å². The lowest BCUT2D eigenvalue weighted by Crippen LogP contribution is -2.46. The second-order valence-corrected chi connectivity index (χ2v) is 6.13. The van der Waals surface area contributed by atoms with Gasteiger partial charge in [0.1, 0.15) is 5.75 Å². The first kappa shape index (κ1) is 15.9. The zero-order chi connectivity index (χ0) is 16.4. The summed E-state index contributed by atoms with van der Waals surface area (Å²) < 4.78 is 5.30. The summed E-state index contributed by atoms with van der Waals surface area (Å²) in [5.74, 6) is 0.195. The minimum absolute atomic E-state index is 0.0749. The van der Waals surface area contributed by atoms with Crippen molar-refractivity contribution in [1.29, 1.82) is 0 Å². The molecule has 1 saturated carbocycles. The van der Waals surface area contributed by atoms with Gasteiger partial charge in [-0.25, -0.2) is 4.79 Å². The Morgan fingerprint density at radius 2 is 2.13 bits per heavy atom. The number of carbonyl (C=O) groups excluding carboxylic acids is 2. The number of aliphatic hydroxyl groups is 1. The fraction of sp³-hybridized carbons (Fsp3) is 0.467. The van der Waals surface area contributed by atoms with Gasteiger partial charge in [-0.05, 0) is 18.9 Å². The second-order valence-electron chi connectivity index (χ2n) is 5.72. The molecular weight excluding hydrogens is 322 g/mol. The van der Waals surface area contributed by atoms with Crippen molar-refractivity contribution in [3.8, 4) is 5.75 Å². The molecule has 23 heavy (non-hydrogen) atoms. The molecule has 2 atom stereocenters. The molecule has 2 aliphatic rings. The number of ether oxygens (including phenoxy) is 1. The van der Waals surface area contributed by atoms with E-state index in [1.54, 1.807) is 6.07 Å². The van der Waals surface area contributed by atoms with Crippen LogP contribution < -0.4 is 20.7 Å². The number of halogens is 1. The molecule has 0 radical (unpaired) electrons. The highest BCUT2D eigenvalue weighted by Gasteiger charge is 2.25. The largest absolute Gasteiger partial charge is 0.482 e. The second kappa shape index (κ2) is 6.64. The van der Waals surface area contributed by atoms with Gasteiger partial charge in [0.15, 0.2) is 6.61 Å². The van der Waals surface area contributed by atoms with Crippen molar-refractivity contribution >= 4 is 34.9 Å². The molecule has 0 unspecified atom stereocenters. The van der Waals surface area contributed by atoms with Crippen molar-refractivity contribution in [3.63, 3.8) is 0 Å². The zero-order valence-corrected chi connectivity index (χ0v) is 13.2. The van der Waals surface area contributed by atoms with Crippen molar-refractivity contribution in [2.45, 2.75) is 37.8 Å². The van der Waals surface area contributed by atoms with E-state index >= 15 is 0 Å². The van der Waals surface area contributed by atoms with E-state index in [0.717, 1.165) is 19.3 Å². The van der Waals surface area contributed by atoms with E-state index in [2.05, 4.69) is 16.0 Å². The molecule has 7 nitrogen and oxygen atoms in total. The van der Waals surface area contributed by atoms with Crippen LogP contribution in [0.3, 0.4) is 0 Å². The number of benzene rings is 1. The molecule has 1 aliphatic carbocycles. The number of amides is 3. The van der Waals surface area contributed by atoms with Gasteiger partial charge in [-0.15, -0.1) is 0 Å². The predicted molar refractivity (Wildman–Crippen MR) is 86.0 cm³/mol. The summed E-state index contributed by atoms with van der Waals surface area (Å²) in [6.45, 7) is -0.0749.